The van der Waals surface area contributed by atoms with Gasteiger partial charge in [0.1, 0.15) is 0 Å². The zero-order chi connectivity index (χ0) is 22.4. The van der Waals surface area contributed by atoms with E-state index in [0.717, 1.165) is 12.9 Å². The van der Waals surface area contributed by atoms with Gasteiger partial charge in [-0.05, 0) is 6.42 Å². The van der Waals surface area contributed by atoms with E-state index in [1.165, 1.54) is 110 Å². The molecule has 0 aliphatic rings. The Morgan fingerprint density at radius 1 is 0.655 bits per heavy atom. The molecule has 3 nitrogen and oxygen atoms in total. The fraction of sp³-hybridized carbons (Fsp3) is 0.731. The minimum atomic E-state index is -0.329. The molecule has 0 fully saturated rings. The summed E-state index contributed by atoms with van der Waals surface area (Å²) < 4.78 is 9.28. The Kier molecular flexibility index (Phi) is 37.7. The first-order chi connectivity index (χ1) is 14.2. The predicted octanol–water partition coefficient (Wildman–Crippen LogP) is 8.90. The summed E-state index contributed by atoms with van der Waals surface area (Å²) in [5.74, 6) is -0.329. The number of carbonyl (C=O) groups is 1. The molecule has 0 radical (unpaired) electrons. The van der Waals surface area contributed by atoms with Gasteiger partial charge in [0.2, 0.25) is 0 Å². The van der Waals surface area contributed by atoms with E-state index >= 15 is 0 Å². The van der Waals surface area contributed by atoms with Gasteiger partial charge >= 0.3 is 5.97 Å². The number of unbranched alkanes of at least 4 members (excludes halogenated alkanes) is 15. The zero-order valence-corrected chi connectivity index (χ0v) is 19.7. The van der Waals surface area contributed by atoms with Crippen LogP contribution in [0.15, 0.2) is 38.8 Å². The van der Waals surface area contributed by atoms with Crippen LogP contribution in [0.2, 0.25) is 0 Å². The van der Waals surface area contributed by atoms with Crippen molar-refractivity contribution < 1.29 is 14.3 Å². The van der Waals surface area contributed by atoms with Crippen molar-refractivity contribution >= 4 is 5.97 Å². The molecule has 0 saturated heterocycles. The molecule has 172 valence electrons. The topological polar surface area (TPSA) is 35.5 Å². The summed E-state index contributed by atoms with van der Waals surface area (Å²) in [4.78, 5) is 9.75. The van der Waals surface area contributed by atoms with E-state index in [-0.39, 0.29) is 5.97 Å². The van der Waals surface area contributed by atoms with Crippen LogP contribution in [0.3, 0.4) is 0 Å². The summed E-state index contributed by atoms with van der Waals surface area (Å²) in [7, 11) is 0. The monoisotopic (exact) mass is 410 g/mol. The van der Waals surface area contributed by atoms with Gasteiger partial charge in [-0.3, -0.25) is 4.79 Å². The third kappa shape index (κ3) is 41.8. The van der Waals surface area contributed by atoms with Gasteiger partial charge in [-0.25, -0.2) is 0 Å². The zero-order valence-electron chi connectivity index (χ0n) is 19.7. The molecule has 0 N–H and O–H groups in total. The van der Waals surface area contributed by atoms with E-state index in [2.05, 4.69) is 38.0 Å². The Bertz CT molecular complexity index is 326. The summed E-state index contributed by atoms with van der Waals surface area (Å²) in [6.45, 7) is 17.2. The van der Waals surface area contributed by atoms with Gasteiger partial charge in [-0.1, -0.05) is 116 Å². The minimum Gasteiger partial charge on any atom is -0.502 e. The highest BCUT2D eigenvalue weighted by Crippen LogP contribution is 2.13. The molecule has 0 bridgehead atoms. The molecule has 0 rings (SSSR count). The van der Waals surface area contributed by atoms with Gasteiger partial charge in [0, 0.05) is 6.92 Å². The van der Waals surface area contributed by atoms with Crippen molar-refractivity contribution in [1.29, 1.82) is 0 Å². The molecule has 0 aliphatic heterocycles. The van der Waals surface area contributed by atoms with Gasteiger partial charge < -0.3 is 9.47 Å². The van der Waals surface area contributed by atoms with E-state index in [9.17, 15) is 4.79 Å². The summed E-state index contributed by atoms with van der Waals surface area (Å²) >= 11 is 0. The van der Waals surface area contributed by atoms with Crippen LogP contribution in [0, 0.1) is 0 Å². The molecule has 0 aliphatic carbocycles. The second kappa shape index (κ2) is 34.0. The third-order valence-electron chi connectivity index (χ3n) is 4.48. The highest BCUT2D eigenvalue weighted by atomic mass is 16.5. The van der Waals surface area contributed by atoms with Crippen LogP contribution < -0.4 is 0 Å². The van der Waals surface area contributed by atoms with Crippen LogP contribution in [0.25, 0.3) is 0 Å². The van der Waals surface area contributed by atoms with Crippen molar-refractivity contribution in [2.75, 3.05) is 6.61 Å². The molecule has 0 spiro atoms. The molecular formula is C26H50O3. The lowest BCUT2D eigenvalue weighted by molar-refractivity contribution is -0.135. The van der Waals surface area contributed by atoms with Crippen LogP contribution >= 0.6 is 0 Å². The number of esters is 1. The van der Waals surface area contributed by atoms with E-state index in [4.69, 9.17) is 4.74 Å². The molecule has 0 unspecified atom stereocenters. The van der Waals surface area contributed by atoms with Crippen molar-refractivity contribution in [2.24, 2.45) is 0 Å². The molecule has 0 aromatic carbocycles. The van der Waals surface area contributed by atoms with Gasteiger partial charge in [-0.15, -0.1) is 13.2 Å². The number of ether oxygens (including phenoxy) is 2. The maximum atomic E-state index is 9.75. The predicted molar refractivity (Wildman–Crippen MR) is 129 cm³/mol. The second-order valence-corrected chi connectivity index (χ2v) is 7.12. The third-order valence-corrected chi connectivity index (χ3v) is 4.48. The van der Waals surface area contributed by atoms with Crippen molar-refractivity contribution in [3.8, 4) is 0 Å². The summed E-state index contributed by atoms with van der Waals surface area (Å²) in [6.07, 6.45) is 25.3. The highest BCUT2D eigenvalue weighted by molar-refractivity contribution is 5.66. The first kappa shape index (κ1) is 32.2. The Balaban J connectivity index is -0.000000716. The number of hydrogen-bond donors (Lipinski definition) is 0. The van der Waals surface area contributed by atoms with Crippen molar-refractivity contribution in [3.05, 3.63) is 38.8 Å². The van der Waals surface area contributed by atoms with Crippen molar-refractivity contribution in [2.45, 2.75) is 117 Å². The smallest absolute Gasteiger partial charge is 0.307 e. The van der Waals surface area contributed by atoms with Crippen LogP contribution in [0.4, 0.5) is 0 Å². The Morgan fingerprint density at radius 3 is 1.24 bits per heavy atom. The summed E-state index contributed by atoms with van der Waals surface area (Å²) in [5, 5.41) is 0. The Morgan fingerprint density at radius 2 is 1.00 bits per heavy atom. The van der Waals surface area contributed by atoms with E-state index in [0.29, 0.717) is 0 Å². The Labute approximate surface area is 182 Å². The van der Waals surface area contributed by atoms with Gasteiger partial charge in [0.25, 0.3) is 0 Å². The number of rotatable bonds is 19. The van der Waals surface area contributed by atoms with Crippen LogP contribution in [0.1, 0.15) is 117 Å². The molecule has 0 atom stereocenters. The molecule has 3 heteroatoms. The maximum absolute atomic E-state index is 9.75. The second-order valence-electron chi connectivity index (χ2n) is 7.12. The number of carbonyl (C=O) groups excluding carboxylic acids is 1. The molecule has 0 aromatic rings. The highest BCUT2D eigenvalue weighted by Gasteiger charge is 1.94. The van der Waals surface area contributed by atoms with E-state index in [1.54, 1.807) is 6.26 Å². The fourth-order valence-corrected chi connectivity index (χ4v) is 2.93. The van der Waals surface area contributed by atoms with Crippen LogP contribution in [0.5, 0.6) is 0 Å². The summed E-state index contributed by atoms with van der Waals surface area (Å²) in [6, 6.07) is 0. The number of hydrogen-bond acceptors (Lipinski definition) is 3. The molecule has 0 saturated carbocycles. The average Bonchev–Trinajstić information content (AvgIpc) is 2.72. The molecular weight excluding hydrogens is 360 g/mol. The SMILES string of the molecule is C=C.C=COC(C)=O.C=COCCCCCCCCCCCCCCCCCC. The Hall–Kier alpha value is -1.51. The molecule has 0 amide bonds. The van der Waals surface area contributed by atoms with Gasteiger partial charge in [0.05, 0.1) is 19.1 Å². The lowest BCUT2D eigenvalue weighted by Gasteiger charge is -2.03. The van der Waals surface area contributed by atoms with Crippen molar-refractivity contribution in [1.82, 2.24) is 0 Å². The molecule has 0 heterocycles. The quantitative estimate of drug-likeness (QED) is 0.0922. The van der Waals surface area contributed by atoms with Crippen LogP contribution in [-0.2, 0) is 14.3 Å². The molecule has 0 aromatic heterocycles. The van der Waals surface area contributed by atoms with Crippen LogP contribution in [-0.4, -0.2) is 12.6 Å². The largest absolute Gasteiger partial charge is 0.502 e. The van der Waals surface area contributed by atoms with E-state index in [1.807, 2.05) is 0 Å². The minimum absolute atomic E-state index is 0.329. The van der Waals surface area contributed by atoms with Gasteiger partial charge in [-0.2, -0.15) is 0 Å². The lowest BCUT2D eigenvalue weighted by Crippen LogP contribution is -1.87. The summed E-state index contributed by atoms with van der Waals surface area (Å²) in [5.41, 5.74) is 0. The van der Waals surface area contributed by atoms with E-state index < -0.39 is 0 Å². The van der Waals surface area contributed by atoms with Gasteiger partial charge in [0.15, 0.2) is 0 Å². The lowest BCUT2D eigenvalue weighted by atomic mass is 10.0. The normalized spacial score (nSPS) is 9.31. The standard InChI is InChI=1S/C20H40O.C4H6O2.C2H4/c1-3-5-6-7-8-9-10-11-12-13-14-15-16-17-18-19-20-21-4-2;1-3-6-4(2)5;1-2/h4H,2-3,5-20H2,1H3;3H,1H2,2H3;1-2H2. The first-order valence-corrected chi connectivity index (χ1v) is 11.7. The van der Waals surface area contributed by atoms with Crippen molar-refractivity contribution in [3.63, 3.8) is 0 Å². The maximum Gasteiger partial charge on any atom is 0.307 e. The fourth-order valence-electron chi connectivity index (χ4n) is 2.93. The average molecular weight is 411 g/mol. The molecule has 29 heavy (non-hydrogen) atoms. The first-order valence-electron chi connectivity index (χ1n) is 11.7.